The maximum atomic E-state index is 11.7. The first-order chi connectivity index (χ1) is 8.25. The molecule has 0 aliphatic carbocycles. The third-order valence-corrected chi connectivity index (χ3v) is 3.56. The highest BCUT2D eigenvalue weighted by molar-refractivity contribution is 7.13. The molecule has 4 heteroatoms. The van der Waals surface area contributed by atoms with E-state index in [9.17, 15) is 4.79 Å². The number of amides is 1. The topological polar surface area (TPSA) is 41.1 Å². The number of thiophene rings is 1. The van der Waals surface area contributed by atoms with E-state index in [1.54, 1.807) is 0 Å². The van der Waals surface area contributed by atoms with Crippen molar-refractivity contribution >= 4 is 17.2 Å². The first-order valence-corrected chi connectivity index (χ1v) is 6.51. The first-order valence-electron chi connectivity index (χ1n) is 5.69. The fourth-order valence-electron chi connectivity index (χ4n) is 1.64. The molecule has 1 amide bonds. The molecule has 0 bridgehead atoms. The maximum Gasteiger partial charge on any atom is 0.261 e. The van der Waals surface area contributed by atoms with Gasteiger partial charge in [-0.2, -0.15) is 0 Å². The average molecular weight is 248 g/mol. The molecule has 0 aromatic carbocycles. The summed E-state index contributed by atoms with van der Waals surface area (Å²) in [4.78, 5) is 13.7. The van der Waals surface area contributed by atoms with Gasteiger partial charge in [-0.3, -0.25) is 4.79 Å². The smallest absolute Gasteiger partial charge is 0.261 e. The van der Waals surface area contributed by atoms with E-state index in [-0.39, 0.29) is 5.91 Å². The van der Waals surface area contributed by atoms with E-state index in [1.807, 2.05) is 31.3 Å². The number of dihydropyridines is 1. The van der Waals surface area contributed by atoms with Gasteiger partial charge in [-0.15, -0.1) is 11.3 Å². The molecule has 1 aliphatic heterocycles. The van der Waals surface area contributed by atoms with Gasteiger partial charge in [0, 0.05) is 18.0 Å². The van der Waals surface area contributed by atoms with Crippen LogP contribution in [-0.2, 0) is 0 Å². The van der Waals surface area contributed by atoms with Gasteiger partial charge >= 0.3 is 0 Å². The highest BCUT2D eigenvalue weighted by Gasteiger charge is 2.07. The Labute approximate surface area is 105 Å². The van der Waals surface area contributed by atoms with Crippen LogP contribution in [-0.4, -0.2) is 19.0 Å². The van der Waals surface area contributed by atoms with Crippen LogP contribution in [0.15, 0.2) is 36.1 Å². The SMILES string of the molecule is Cc1ccc(C(=O)NCCC2=CCNC=C2)s1. The van der Waals surface area contributed by atoms with Crippen molar-refractivity contribution in [2.75, 3.05) is 13.1 Å². The van der Waals surface area contributed by atoms with Crippen LogP contribution in [0, 0.1) is 6.92 Å². The van der Waals surface area contributed by atoms with Crippen LogP contribution in [0.4, 0.5) is 0 Å². The number of hydrogen-bond donors (Lipinski definition) is 2. The van der Waals surface area contributed by atoms with Crippen LogP contribution in [0.2, 0.25) is 0 Å². The second-order valence-corrected chi connectivity index (χ2v) is 5.22. The molecule has 2 heterocycles. The lowest BCUT2D eigenvalue weighted by Crippen LogP contribution is -2.24. The molecule has 0 saturated carbocycles. The van der Waals surface area contributed by atoms with Crippen molar-refractivity contribution in [3.8, 4) is 0 Å². The second-order valence-electron chi connectivity index (χ2n) is 3.94. The van der Waals surface area contributed by atoms with E-state index >= 15 is 0 Å². The molecule has 0 atom stereocenters. The molecule has 90 valence electrons. The van der Waals surface area contributed by atoms with Gasteiger partial charge in [0.25, 0.3) is 5.91 Å². The van der Waals surface area contributed by atoms with Crippen molar-refractivity contribution in [2.24, 2.45) is 0 Å². The largest absolute Gasteiger partial charge is 0.387 e. The summed E-state index contributed by atoms with van der Waals surface area (Å²) in [5.41, 5.74) is 1.27. The fourth-order valence-corrected chi connectivity index (χ4v) is 2.43. The van der Waals surface area contributed by atoms with E-state index in [1.165, 1.54) is 21.8 Å². The summed E-state index contributed by atoms with van der Waals surface area (Å²) in [7, 11) is 0. The Kier molecular flexibility index (Phi) is 3.98. The summed E-state index contributed by atoms with van der Waals surface area (Å²) in [6.45, 7) is 3.57. The van der Waals surface area contributed by atoms with Gasteiger partial charge in [-0.25, -0.2) is 0 Å². The summed E-state index contributed by atoms with van der Waals surface area (Å²) < 4.78 is 0. The molecule has 3 nitrogen and oxygen atoms in total. The Balaban J connectivity index is 1.77. The van der Waals surface area contributed by atoms with Gasteiger partial charge in [-0.1, -0.05) is 6.08 Å². The van der Waals surface area contributed by atoms with Crippen molar-refractivity contribution < 1.29 is 4.79 Å². The molecule has 0 spiro atoms. The lowest BCUT2D eigenvalue weighted by Gasteiger charge is -2.08. The van der Waals surface area contributed by atoms with Crippen LogP contribution in [0.1, 0.15) is 21.0 Å². The van der Waals surface area contributed by atoms with Gasteiger partial charge in [-0.05, 0) is 43.3 Å². The van der Waals surface area contributed by atoms with Gasteiger partial charge < -0.3 is 10.6 Å². The Hall–Kier alpha value is -1.55. The van der Waals surface area contributed by atoms with E-state index in [0.717, 1.165) is 17.8 Å². The Bertz CT molecular complexity index is 460. The summed E-state index contributed by atoms with van der Waals surface area (Å²) in [5.74, 6) is 0.0293. The van der Waals surface area contributed by atoms with E-state index in [2.05, 4.69) is 16.7 Å². The van der Waals surface area contributed by atoms with Gasteiger partial charge in [0.2, 0.25) is 0 Å². The molecule has 17 heavy (non-hydrogen) atoms. The average Bonchev–Trinajstić information content (AvgIpc) is 2.77. The predicted molar refractivity (Wildman–Crippen MR) is 71.2 cm³/mol. The van der Waals surface area contributed by atoms with Crippen molar-refractivity contribution in [2.45, 2.75) is 13.3 Å². The van der Waals surface area contributed by atoms with Crippen molar-refractivity contribution in [1.82, 2.24) is 10.6 Å². The molecule has 0 unspecified atom stereocenters. The van der Waals surface area contributed by atoms with Crippen LogP contribution >= 0.6 is 11.3 Å². The van der Waals surface area contributed by atoms with Crippen LogP contribution in [0.5, 0.6) is 0 Å². The zero-order valence-corrected chi connectivity index (χ0v) is 10.6. The van der Waals surface area contributed by atoms with Crippen molar-refractivity contribution in [3.63, 3.8) is 0 Å². The molecule has 1 aromatic heterocycles. The molecular weight excluding hydrogens is 232 g/mol. The number of aryl methyl sites for hydroxylation is 1. The normalized spacial score (nSPS) is 14.1. The van der Waals surface area contributed by atoms with Crippen LogP contribution < -0.4 is 10.6 Å². The molecule has 0 radical (unpaired) electrons. The lowest BCUT2D eigenvalue weighted by atomic mass is 10.1. The summed E-state index contributed by atoms with van der Waals surface area (Å²) >= 11 is 1.53. The van der Waals surface area contributed by atoms with Crippen molar-refractivity contribution in [3.05, 3.63) is 45.8 Å². The Morgan fingerprint density at radius 3 is 3.06 bits per heavy atom. The molecule has 1 aromatic rings. The van der Waals surface area contributed by atoms with Crippen molar-refractivity contribution in [1.29, 1.82) is 0 Å². The third-order valence-electron chi connectivity index (χ3n) is 2.56. The Morgan fingerprint density at radius 1 is 1.53 bits per heavy atom. The number of hydrogen-bond acceptors (Lipinski definition) is 3. The van der Waals surface area contributed by atoms with E-state index < -0.39 is 0 Å². The first kappa shape index (κ1) is 11.9. The maximum absolute atomic E-state index is 11.7. The predicted octanol–water partition coefficient (Wildman–Crippen LogP) is 2.22. The highest BCUT2D eigenvalue weighted by atomic mass is 32.1. The standard InChI is InChI=1S/C13H16N2OS/c1-10-2-3-12(17-10)13(16)15-9-6-11-4-7-14-8-5-11/h2-5,7,14H,6,8-9H2,1H3,(H,15,16). The lowest BCUT2D eigenvalue weighted by molar-refractivity contribution is 0.0958. The van der Waals surface area contributed by atoms with Gasteiger partial charge in [0.1, 0.15) is 0 Å². The quantitative estimate of drug-likeness (QED) is 0.858. The molecule has 1 aliphatic rings. The zero-order chi connectivity index (χ0) is 12.1. The zero-order valence-electron chi connectivity index (χ0n) is 9.82. The molecule has 0 fully saturated rings. The molecule has 2 N–H and O–H groups in total. The van der Waals surface area contributed by atoms with E-state index in [0.29, 0.717) is 6.54 Å². The molecular formula is C13H16N2OS. The molecule has 2 rings (SSSR count). The van der Waals surface area contributed by atoms with Crippen LogP contribution in [0.25, 0.3) is 0 Å². The Morgan fingerprint density at radius 2 is 2.41 bits per heavy atom. The number of carbonyl (C=O) groups is 1. The minimum absolute atomic E-state index is 0.0293. The highest BCUT2D eigenvalue weighted by Crippen LogP contribution is 2.14. The monoisotopic (exact) mass is 248 g/mol. The molecule has 0 saturated heterocycles. The van der Waals surface area contributed by atoms with Gasteiger partial charge in [0.15, 0.2) is 0 Å². The summed E-state index contributed by atoms with van der Waals surface area (Å²) in [6, 6.07) is 3.84. The third kappa shape index (κ3) is 3.46. The van der Waals surface area contributed by atoms with E-state index in [4.69, 9.17) is 0 Å². The number of rotatable bonds is 4. The summed E-state index contributed by atoms with van der Waals surface area (Å²) in [6.07, 6.45) is 7.01. The minimum Gasteiger partial charge on any atom is -0.387 e. The van der Waals surface area contributed by atoms with Gasteiger partial charge in [0.05, 0.1) is 4.88 Å². The number of nitrogens with one attached hydrogen (secondary N) is 2. The number of carbonyl (C=O) groups excluding carboxylic acids is 1. The minimum atomic E-state index is 0.0293. The van der Waals surface area contributed by atoms with Crippen LogP contribution in [0.3, 0.4) is 0 Å². The second kappa shape index (κ2) is 5.68. The fraction of sp³-hybridized carbons (Fsp3) is 0.308. The number of allylic oxidation sites excluding steroid dienone is 1. The summed E-state index contributed by atoms with van der Waals surface area (Å²) in [5, 5.41) is 6.04.